The molecule has 4 aromatic rings. The van der Waals surface area contributed by atoms with Crippen molar-refractivity contribution in [1.82, 2.24) is 10.1 Å². The summed E-state index contributed by atoms with van der Waals surface area (Å²) >= 11 is 13.4. The number of benzene rings is 3. The number of aromatic nitrogens is 2. The second-order valence-corrected chi connectivity index (χ2v) is 12.7. The summed E-state index contributed by atoms with van der Waals surface area (Å²) in [7, 11) is -2.79. The molecule has 1 saturated carbocycles. The van der Waals surface area contributed by atoms with E-state index in [-0.39, 0.29) is 36.1 Å². The van der Waals surface area contributed by atoms with Crippen molar-refractivity contribution in [2.75, 3.05) is 5.75 Å². The molecule has 0 aliphatic heterocycles. The monoisotopic (exact) mass is 571 g/mol. The van der Waals surface area contributed by atoms with Gasteiger partial charge in [-0.3, -0.25) is 4.79 Å². The largest absolute Gasteiger partial charge is 0.334 e. The SMILES string of the molecule is CCS(=N)(=O)c1ccc(CC(=O)Cc2cc(Cl)c(C3(c4noc(-c5ccc(F)cc5)n4)CC3)c(Cl)c2)cc1. The van der Waals surface area contributed by atoms with E-state index in [1.807, 2.05) is 0 Å². The topological polar surface area (TPSA) is 96.9 Å². The first-order valence-electron chi connectivity index (χ1n) is 12.1. The Bertz CT molecular complexity index is 1590. The van der Waals surface area contributed by atoms with Crippen LogP contribution in [0.5, 0.6) is 0 Å². The molecule has 0 radical (unpaired) electrons. The summed E-state index contributed by atoms with van der Waals surface area (Å²) in [5, 5.41) is 5.03. The summed E-state index contributed by atoms with van der Waals surface area (Å²) in [5.41, 5.74) is 2.22. The number of rotatable bonds is 9. The molecule has 5 rings (SSSR count). The van der Waals surface area contributed by atoms with Gasteiger partial charge in [-0.05, 0) is 72.5 Å². The molecular formula is C28H24Cl2FN3O3S. The van der Waals surface area contributed by atoms with Gasteiger partial charge < -0.3 is 4.52 Å². The van der Waals surface area contributed by atoms with Crippen molar-refractivity contribution in [2.24, 2.45) is 0 Å². The molecule has 6 nitrogen and oxygen atoms in total. The lowest BCUT2D eigenvalue weighted by Gasteiger charge is -2.17. The van der Waals surface area contributed by atoms with Crippen molar-refractivity contribution in [3.8, 4) is 11.5 Å². The van der Waals surface area contributed by atoms with Gasteiger partial charge in [-0.1, -0.05) is 47.4 Å². The third kappa shape index (κ3) is 5.25. The first kappa shape index (κ1) is 26.5. The molecule has 1 aliphatic rings. The molecule has 1 unspecified atom stereocenters. The van der Waals surface area contributed by atoms with E-state index in [2.05, 4.69) is 10.1 Å². The van der Waals surface area contributed by atoms with E-state index >= 15 is 0 Å². The molecule has 0 saturated heterocycles. The second kappa shape index (κ2) is 10.2. The van der Waals surface area contributed by atoms with Gasteiger partial charge in [0.05, 0.1) is 15.1 Å². The highest BCUT2D eigenvalue weighted by Gasteiger charge is 2.52. The first-order valence-corrected chi connectivity index (χ1v) is 14.6. The molecule has 0 bridgehead atoms. The van der Waals surface area contributed by atoms with Gasteiger partial charge in [0, 0.05) is 44.7 Å². The second-order valence-electron chi connectivity index (χ2n) is 9.45. The lowest BCUT2D eigenvalue weighted by Crippen LogP contribution is -2.13. The minimum atomic E-state index is -2.79. The third-order valence-electron chi connectivity index (χ3n) is 6.79. The highest BCUT2D eigenvalue weighted by atomic mass is 35.5. The van der Waals surface area contributed by atoms with E-state index < -0.39 is 15.1 Å². The van der Waals surface area contributed by atoms with Crippen LogP contribution in [0.15, 0.2) is 70.1 Å². The van der Waals surface area contributed by atoms with Crippen LogP contribution >= 0.6 is 23.2 Å². The summed E-state index contributed by atoms with van der Waals surface area (Å²) in [4.78, 5) is 17.8. The molecule has 1 aromatic heterocycles. The fraction of sp³-hybridized carbons (Fsp3) is 0.250. The minimum absolute atomic E-state index is 0.0250. The van der Waals surface area contributed by atoms with Crippen LogP contribution in [0.1, 0.15) is 42.3 Å². The highest BCUT2D eigenvalue weighted by molar-refractivity contribution is 7.92. The Morgan fingerprint density at radius 2 is 1.63 bits per heavy atom. The predicted octanol–water partition coefficient (Wildman–Crippen LogP) is 7.04. The molecule has 1 fully saturated rings. The Morgan fingerprint density at radius 3 is 2.21 bits per heavy atom. The summed E-state index contributed by atoms with van der Waals surface area (Å²) in [5.74, 6) is 0.616. The Balaban J connectivity index is 1.32. The Hall–Kier alpha value is -3.07. The van der Waals surface area contributed by atoms with Crippen LogP contribution in [-0.2, 0) is 32.8 Å². The quantitative estimate of drug-likeness (QED) is 0.232. The van der Waals surface area contributed by atoms with Crippen molar-refractivity contribution in [3.63, 3.8) is 0 Å². The van der Waals surface area contributed by atoms with E-state index in [1.54, 1.807) is 55.5 Å². The van der Waals surface area contributed by atoms with Crippen LogP contribution in [-0.4, -0.2) is 25.9 Å². The van der Waals surface area contributed by atoms with Crippen LogP contribution in [0, 0.1) is 10.6 Å². The molecule has 1 aliphatic carbocycles. The summed E-state index contributed by atoms with van der Waals surface area (Å²) in [6.45, 7) is 1.72. The van der Waals surface area contributed by atoms with E-state index in [4.69, 9.17) is 32.5 Å². The number of carbonyl (C=O) groups excluding carboxylic acids is 1. The van der Waals surface area contributed by atoms with Crippen LogP contribution in [0.2, 0.25) is 10.0 Å². The summed E-state index contributed by atoms with van der Waals surface area (Å²) in [6.07, 6.45) is 1.83. The first-order chi connectivity index (χ1) is 18.1. The van der Waals surface area contributed by atoms with Crippen molar-refractivity contribution in [3.05, 3.63) is 99.0 Å². The Morgan fingerprint density at radius 1 is 1.03 bits per heavy atom. The molecule has 0 amide bonds. The van der Waals surface area contributed by atoms with E-state index in [0.29, 0.717) is 37.5 Å². The van der Waals surface area contributed by atoms with Crippen molar-refractivity contribution in [1.29, 1.82) is 4.78 Å². The van der Waals surface area contributed by atoms with E-state index in [9.17, 15) is 13.4 Å². The molecule has 1 N–H and O–H groups in total. The van der Waals surface area contributed by atoms with Gasteiger partial charge in [0.2, 0.25) is 0 Å². The minimum Gasteiger partial charge on any atom is -0.334 e. The predicted molar refractivity (Wildman–Crippen MR) is 145 cm³/mol. The number of hydrogen-bond donors (Lipinski definition) is 1. The number of ketones is 1. The fourth-order valence-electron chi connectivity index (χ4n) is 4.53. The normalized spacial score (nSPS) is 15.7. The van der Waals surface area contributed by atoms with Crippen molar-refractivity contribution in [2.45, 2.75) is 42.9 Å². The molecule has 196 valence electrons. The average Bonchev–Trinajstić information content (AvgIpc) is 3.51. The number of carbonyl (C=O) groups is 1. The van der Waals surface area contributed by atoms with Gasteiger partial charge in [-0.15, -0.1) is 0 Å². The van der Waals surface area contributed by atoms with Crippen molar-refractivity contribution < 1.29 is 17.9 Å². The zero-order valence-corrected chi connectivity index (χ0v) is 22.8. The lowest BCUT2D eigenvalue weighted by atomic mass is 9.92. The fourth-order valence-corrected chi connectivity index (χ4v) is 6.34. The molecule has 3 aromatic carbocycles. The van der Waals surface area contributed by atoms with Crippen LogP contribution in [0.3, 0.4) is 0 Å². The van der Waals surface area contributed by atoms with Crippen molar-refractivity contribution >= 4 is 38.7 Å². The van der Waals surface area contributed by atoms with Crippen LogP contribution in [0.4, 0.5) is 4.39 Å². The maximum absolute atomic E-state index is 13.3. The molecular weight excluding hydrogens is 548 g/mol. The van der Waals surface area contributed by atoms with E-state index in [1.165, 1.54) is 12.1 Å². The Labute approximate surface area is 230 Å². The summed E-state index contributed by atoms with van der Waals surface area (Å²) < 4.78 is 38.8. The zero-order valence-electron chi connectivity index (χ0n) is 20.5. The molecule has 0 spiro atoms. The highest BCUT2D eigenvalue weighted by Crippen LogP contribution is 2.56. The number of hydrogen-bond acceptors (Lipinski definition) is 6. The molecule has 1 atom stereocenters. The molecule has 10 heteroatoms. The number of nitrogens with zero attached hydrogens (tertiary/aromatic N) is 2. The van der Waals surface area contributed by atoms with Gasteiger partial charge in [0.25, 0.3) is 5.89 Å². The van der Waals surface area contributed by atoms with Gasteiger partial charge in [0.1, 0.15) is 11.6 Å². The summed E-state index contributed by atoms with van der Waals surface area (Å²) in [6, 6.07) is 16.1. The molecule has 38 heavy (non-hydrogen) atoms. The number of nitrogens with one attached hydrogen (secondary N) is 1. The maximum atomic E-state index is 13.3. The number of Topliss-reactive ketones (excluding diaryl/α,β-unsaturated/α-hetero) is 1. The maximum Gasteiger partial charge on any atom is 0.257 e. The van der Waals surface area contributed by atoms with Crippen LogP contribution < -0.4 is 0 Å². The smallest absolute Gasteiger partial charge is 0.257 e. The van der Waals surface area contributed by atoms with Gasteiger partial charge in [-0.25, -0.2) is 13.4 Å². The molecule has 1 heterocycles. The van der Waals surface area contributed by atoms with E-state index in [0.717, 1.165) is 18.4 Å². The Kier molecular flexibility index (Phi) is 7.15. The zero-order chi connectivity index (χ0) is 27.1. The van der Waals surface area contributed by atoms with Gasteiger partial charge in [0.15, 0.2) is 5.82 Å². The third-order valence-corrected chi connectivity index (χ3v) is 9.23. The van der Waals surface area contributed by atoms with Crippen LogP contribution in [0.25, 0.3) is 11.5 Å². The lowest BCUT2D eigenvalue weighted by molar-refractivity contribution is -0.117. The standard InChI is InChI=1S/C28H24Cl2FN3O3S/c1-2-38(32,36)22-9-3-17(4-10-22)13-21(35)14-18-15-23(29)25(24(30)16-18)28(11-12-28)27-33-26(37-34-27)19-5-7-20(31)8-6-19/h3-10,15-16,32H,2,11-14H2,1H3. The number of halogens is 3. The van der Waals surface area contributed by atoms with Gasteiger partial charge in [-0.2, -0.15) is 4.98 Å². The average molecular weight is 572 g/mol. The van der Waals surface area contributed by atoms with Gasteiger partial charge >= 0.3 is 0 Å².